The SMILES string of the molecule is CCc1c(C2CCCN2)cc2c(c1Cl)OCCO2. The minimum atomic E-state index is 0.410. The molecule has 1 N–H and O–H groups in total. The molecular formula is C14H18ClNO2. The smallest absolute Gasteiger partial charge is 0.180 e. The highest BCUT2D eigenvalue weighted by atomic mass is 35.5. The van der Waals surface area contributed by atoms with Crippen molar-refractivity contribution in [1.82, 2.24) is 5.32 Å². The molecule has 1 fully saturated rings. The van der Waals surface area contributed by atoms with Gasteiger partial charge in [-0.3, -0.25) is 0 Å². The number of nitrogens with one attached hydrogen (secondary N) is 1. The number of hydrogen-bond donors (Lipinski definition) is 1. The monoisotopic (exact) mass is 267 g/mol. The number of hydrogen-bond acceptors (Lipinski definition) is 3. The first-order valence-corrected chi connectivity index (χ1v) is 7.03. The maximum Gasteiger partial charge on any atom is 0.180 e. The van der Waals surface area contributed by atoms with Crippen LogP contribution in [0.5, 0.6) is 11.5 Å². The van der Waals surface area contributed by atoms with E-state index in [1.54, 1.807) is 0 Å². The third-order valence-corrected chi connectivity index (χ3v) is 4.10. The van der Waals surface area contributed by atoms with E-state index in [1.165, 1.54) is 24.0 Å². The first-order valence-electron chi connectivity index (χ1n) is 6.65. The lowest BCUT2D eigenvalue weighted by Crippen LogP contribution is -2.19. The molecule has 4 heteroatoms. The Balaban J connectivity index is 2.09. The molecule has 1 aromatic carbocycles. The molecule has 2 aliphatic heterocycles. The van der Waals surface area contributed by atoms with Crippen molar-refractivity contribution in [3.63, 3.8) is 0 Å². The molecule has 0 aliphatic carbocycles. The summed E-state index contributed by atoms with van der Waals surface area (Å²) in [6.45, 7) is 4.40. The number of benzene rings is 1. The summed E-state index contributed by atoms with van der Waals surface area (Å²) in [4.78, 5) is 0. The molecule has 1 aromatic rings. The average Bonchev–Trinajstić information content (AvgIpc) is 2.92. The molecule has 0 saturated carbocycles. The lowest BCUT2D eigenvalue weighted by Gasteiger charge is -2.24. The van der Waals surface area contributed by atoms with E-state index in [1.807, 2.05) is 0 Å². The summed E-state index contributed by atoms with van der Waals surface area (Å²) in [5.74, 6) is 1.52. The summed E-state index contributed by atoms with van der Waals surface area (Å²) in [6, 6.07) is 2.52. The molecule has 0 bridgehead atoms. The second-order valence-electron chi connectivity index (χ2n) is 4.79. The van der Waals surface area contributed by atoms with Gasteiger partial charge in [-0.25, -0.2) is 0 Å². The zero-order valence-corrected chi connectivity index (χ0v) is 11.3. The number of ether oxygens (including phenoxy) is 2. The summed E-state index contributed by atoms with van der Waals surface area (Å²) >= 11 is 6.48. The van der Waals surface area contributed by atoms with Crippen LogP contribution in [0.1, 0.15) is 36.9 Å². The first kappa shape index (κ1) is 12.1. The molecule has 0 aromatic heterocycles. The van der Waals surface area contributed by atoms with Gasteiger partial charge in [0.1, 0.15) is 13.2 Å². The Kier molecular flexibility index (Phi) is 3.35. The molecule has 1 saturated heterocycles. The van der Waals surface area contributed by atoms with Crippen LogP contribution in [-0.2, 0) is 6.42 Å². The second-order valence-corrected chi connectivity index (χ2v) is 5.16. The average molecular weight is 268 g/mol. The Morgan fingerprint density at radius 2 is 2.22 bits per heavy atom. The fraction of sp³-hybridized carbons (Fsp3) is 0.571. The summed E-state index contributed by atoms with van der Waals surface area (Å²) in [5.41, 5.74) is 2.48. The van der Waals surface area contributed by atoms with E-state index in [-0.39, 0.29) is 0 Å². The Morgan fingerprint density at radius 3 is 2.94 bits per heavy atom. The van der Waals surface area contributed by atoms with Gasteiger partial charge < -0.3 is 14.8 Å². The van der Waals surface area contributed by atoms with Crippen LogP contribution >= 0.6 is 11.6 Å². The van der Waals surface area contributed by atoms with Crippen molar-refractivity contribution in [3.05, 3.63) is 22.2 Å². The third-order valence-electron chi connectivity index (χ3n) is 3.70. The quantitative estimate of drug-likeness (QED) is 0.893. The van der Waals surface area contributed by atoms with Crippen molar-refractivity contribution in [1.29, 1.82) is 0 Å². The molecule has 0 spiro atoms. The fourth-order valence-corrected chi connectivity index (χ4v) is 3.21. The van der Waals surface area contributed by atoms with E-state index in [2.05, 4.69) is 18.3 Å². The molecule has 98 valence electrons. The molecule has 1 unspecified atom stereocenters. The van der Waals surface area contributed by atoms with Gasteiger partial charge in [-0.2, -0.15) is 0 Å². The van der Waals surface area contributed by atoms with E-state index in [0.717, 1.165) is 29.5 Å². The summed E-state index contributed by atoms with van der Waals surface area (Å²) < 4.78 is 11.3. The zero-order valence-electron chi connectivity index (χ0n) is 10.6. The molecule has 3 rings (SSSR count). The van der Waals surface area contributed by atoms with Gasteiger partial charge in [-0.05, 0) is 43.0 Å². The standard InChI is InChI=1S/C14H18ClNO2/c1-2-9-10(11-4-3-5-16-11)8-12-14(13(9)15)18-7-6-17-12/h8,11,16H,2-7H2,1H3. The minimum absolute atomic E-state index is 0.410. The highest BCUT2D eigenvalue weighted by molar-refractivity contribution is 6.33. The van der Waals surface area contributed by atoms with Crippen LogP contribution in [0.2, 0.25) is 5.02 Å². The maximum atomic E-state index is 6.48. The number of fused-ring (bicyclic) bond motifs is 1. The number of halogens is 1. The molecule has 2 heterocycles. The van der Waals surface area contributed by atoms with Gasteiger partial charge in [0, 0.05) is 6.04 Å². The molecule has 1 atom stereocenters. The third kappa shape index (κ3) is 1.95. The van der Waals surface area contributed by atoms with Crippen molar-refractivity contribution in [2.24, 2.45) is 0 Å². The predicted octanol–water partition coefficient (Wildman–Crippen LogP) is 3.10. The second kappa shape index (κ2) is 4.98. The Hall–Kier alpha value is -0.930. The van der Waals surface area contributed by atoms with Gasteiger partial charge >= 0.3 is 0 Å². The van der Waals surface area contributed by atoms with E-state index >= 15 is 0 Å². The summed E-state index contributed by atoms with van der Waals surface area (Å²) in [7, 11) is 0. The minimum Gasteiger partial charge on any atom is -0.486 e. The van der Waals surface area contributed by atoms with E-state index in [4.69, 9.17) is 21.1 Å². The molecule has 3 nitrogen and oxygen atoms in total. The highest BCUT2D eigenvalue weighted by Crippen LogP contribution is 2.44. The van der Waals surface area contributed by atoms with Crippen LogP contribution in [0.15, 0.2) is 6.07 Å². The van der Waals surface area contributed by atoms with Gasteiger partial charge in [0.05, 0.1) is 5.02 Å². The van der Waals surface area contributed by atoms with Gasteiger partial charge in [0.15, 0.2) is 11.5 Å². The molecule has 2 aliphatic rings. The lowest BCUT2D eigenvalue weighted by molar-refractivity contribution is 0.171. The molecule has 0 amide bonds. The molecule has 18 heavy (non-hydrogen) atoms. The molecule has 0 radical (unpaired) electrons. The van der Waals surface area contributed by atoms with Gasteiger partial charge in [0.25, 0.3) is 0 Å². The van der Waals surface area contributed by atoms with Crippen molar-refractivity contribution in [3.8, 4) is 11.5 Å². The van der Waals surface area contributed by atoms with Crippen LogP contribution < -0.4 is 14.8 Å². The fourth-order valence-electron chi connectivity index (χ4n) is 2.82. The largest absolute Gasteiger partial charge is 0.486 e. The van der Waals surface area contributed by atoms with Crippen LogP contribution in [0.25, 0.3) is 0 Å². The van der Waals surface area contributed by atoms with Crippen LogP contribution in [0, 0.1) is 0 Å². The zero-order chi connectivity index (χ0) is 12.5. The van der Waals surface area contributed by atoms with Crippen LogP contribution in [-0.4, -0.2) is 19.8 Å². The van der Waals surface area contributed by atoms with Crippen molar-refractivity contribution >= 4 is 11.6 Å². The van der Waals surface area contributed by atoms with Crippen LogP contribution in [0.4, 0.5) is 0 Å². The van der Waals surface area contributed by atoms with E-state index < -0.39 is 0 Å². The normalized spacial score (nSPS) is 22.2. The van der Waals surface area contributed by atoms with Crippen molar-refractivity contribution in [2.45, 2.75) is 32.2 Å². The van der Waals surface area contributed by atoms with E-state index in [0.29, 0.717) is 19.3 Å². The molecular weight excluding hydrogens is 250 g/mol. The van der Waals surface area contributed by atoms with Gasteiger partial charge in [-0.15, -0.1) is 0 Å². The van der Waals surface area contributed by atoms with Crippen molar-refractivity contribution in [2.75, 3.05) is 19.8 Å². The van der Waals surface area contributed by atoms with Crippen LogP contribution in [0.3, 0.4) is 0 Å². The summed E-state index contributed by atoms with van der Waals surface area (Å²) in [6.07, 6.45) is 3.31. The summed E-state index contributed by atoms with van der Waals surface area (Å²) in [5, 5.41) is 4.26. The Morgan fingerprint density at radius 1 is 1.39 bits per heavy atom. The van der Waals surface area contributed by atoms with E-state index in [9.17, 15) is 0 Å². The lowest BCUT2D eigenvalue weighted by atomic mass is 9.96. The highest BCUT2D eigenvalue weighted by Gasteiger charge is 2.26. The first-order chi connectivity index (χ1) is 8.81. The van der Waals surface area contributed by atoms with Crippen molar-refractivity contribution < 1.29 is 9.47 Å². The van der Waals surface area contributed by atoms with Gasteiger partial charge in [0.2, 0.25) is 0 Å². The maximum absolute atomic E-state index is 6.48. The van der Waals surface area contributed by atoms with Gasteiger partial charge in [-0.1, -0.05) is 18.5 Å². The predicted molar refractivity (Wildman–Crippen MR) is 71.8 cm³/mol. The number of rotatable bonds is 2. The Labute approximate surface area is 112 Å². The Bertz CT molecular complexity index is 456. The topological polar surface area (TPSA) is 30.5 Å².